The summed E-state index contributed by atoms with van der Waals surface area (Å²) in [7, 11) is 0. The van der Waals surface area contributed by atoms with E-state index in [9.17, 15) is 4.79 Å². The van der Waals surface area contributed by atoms with Gasteiger partial charge in [0.25, 0.3) is 0 Å². The van der Waals surface area contributed by atoms with Gasteiger partial charge in [-0.3, -0.25) is 4.79 Å². The van der Waals surface area contributed by atoms with Crippen molar-refractivity contribution >= 4 is 41.5 Å². The minimum Gasteiger partial charge on any atom is -0.370 e. The van der Waals surface area contributed by atoms with E-state index in [0.717, 1.165) is 24.9 Å². The number of guanidine groups is 1. The molecule has 6 heteroatoms. The van der Waals surface area contributed by atoms with Crippen molar-refractivity contribution in [2.24, 2.45) is 10.7 Å². The number of nitrogens with zero attached hydrogens (tertiary/aromatic N) is 1. The van der Waals surface area contributed by atoms with Gasteiger partial charge in [-0.05, 0) is 42.9 Å². The summed E-state index contributed by atoms with van der Waals surface area (Å²) >= 11 is 0. The minimum atomic E-state index is -0.0567. The molecule has 25 heavy (non-hydrogen) atoms. The number of benzene rings is 1. The predicted octanol–water partition coefficient (Wildman–Crippen LogP) is 3.99. The molecule has 0 aromatic heterocycles. The fourth-order valence-corrected chi connectivity index (χ4v) is 3.00. The van der Waals surface area contributed by atoms with Crippen LogP contribution in [0.3, 0.4) is 0 Å². The topological polar surface area (TPSA) is 79.5 Å². The minimum absolute atomic E-state index is 0. The van der Waals surface area contributed by atoms with Crippen LogP contribution in [-0.2, 0) is 4.79 Å². The third kappa shape index (κ3) is 7.63. The second-order valence-electron chi connectivity index (χ2n) is 6.66. The van der Waals surface area contributed by atoms with E-state index in [-0.39, 0.29) is 42.4 Å². The SMILES string of the molecule is CCC(C)c1ccc(NC(N)=NCC(=O)NC2CCCCC2)cc1.I. The summed E-state index contributed by atoms with van der Waals surface area (Å²) in [5, 5.41) is 6.07. The van der Waals surface area contributed by atoms with Crippen molar-refractivity contribution in [3.63, 3.8) is 0 Å². The molecule has 1 aliphatic rings. The first-order chi connectivity index (χ1) is 11.6. The van der Waals surface area contributed by atoms with E-state index >= 15 is 0 Å². The van der Waals surface area contributed by atoms with Gasteiger partial charge in [0.1, 0.15) is 6.54 Å². The molecule has 0 radical (unpaired) electrons. The number of nitrogens with one attached hydrogen (secondary N) is 2. The molecular formula is C19H31IN4O. The molecule has 1 atom stereocenters. The summed E-state index contributed by atoms with van der Waals surface area (Å²) < 4.78 is 0. The van der Waals surface area contributed by atoms with Gasteiger partial charge in [-0.25, -0.2) is 4.99 Å². The van der Waals surface area contributed by atoms with E-state index in [1.54, 1.807) is 0 Å². The summed E-state index contributed by atoms with van der Waals surface area (Å²) in [6, 6.07) is 8.49. The number of aliphatic imine (C=N–C) groups is 1. The Kier molecular flexibility index (Phi) is 9.85. The standard InChI is InChI=1S/C19H30N4O.HI/c1-3-14(2)15-9-11-17(12-10-15)23-19(20)21-13-18(24)22-16-7-5-4-6-8-16;/h9-12,14,16H,3-8,13H2,1-2H3,(H,22,24)(H3,20,21,23);1H. The van der Waals surface area contributed by atoms with Gasteiger partial charge >= 0.3 is 0 Å². The van der Waals surface area contributed by atoms with E-state index in [2.05, 4.69) is 41.6 Å². The van der Waals surface area contributed by atoms with Crippen LogP contribution in [0.4, 0.5) is 5.69 Å². The van der Waals surface area contributed by atoms with Crippen molar-refractivity contribution in [1.29, 1.82) is 0 Å². The number of rotatable bonds is 6. The number of hydrogen-bond donors (Lipinski definition) is 3. The van der Waals surface area contributed by atoms with Crippen molar-refractivity contribution in [3.8, 4) is 0 Å². The first-order valence-corrected chi connectivity index (χ1v) is 9.04. The van der Waals surface area contributed by atoms with Gasteiger partial charge in [0.05, 0.1) is 0 Å². The van der Waals surface area contributed by atoms with Gasteiger partial charge in [-0.15, -0.1) is 24.0 Å². The highest BCUT2D eigenvalue weighted by Gasteiger charge is 2.15. The highest BCUT2D eigenvalue weighted by atomic mass is 127. The molecule has 0 spiro atoms. The maximum Gasteiger partial charge on any atom is 0.242 e. The van der Waals surface area contributed by atoms with Crippen molar-refractivity contribution in [2.75, 3.05) is 11.9 Å². The summed E-state index contributed by atoms with van der Waals surface area (Å²) in [6.45, 7) is 4.46. The molecule has 1 aromatic carbocycles. The van der Waals surface area contributed by atoms with Crippen LogP contribution in [0, 0.1) is 0 Å². The first kappa shape index (κ1) is 21.7. The number of anilines is 1. The van der Waals surface area contributed by atoms with Crippen molar-refractivity contribution in [1.82, 2.24) is 5.32 Å². The Balaban J connectivity index is 0.00000312. The fraction of sp³-hybridized carbons (Fsp3) is 0.579. The average Bonchev–Trinajstić information content (AvgIpc) is 2.61. The van der Waals surface area contributed by atoms with Crippen molar-refractivity contribution in [2.45, 2.75) is 64.3 Å². The molecule has 0 aliphatic heterocycles. The average molecular weight is 458 g/mol. The molecule has 0 bridgehead atoms. The molecule has 0 heterocycles. The Morgan fingerprint density at radius 2 is 1.88 bits per heavy atom. The van der Waals surface area contributed by atoms with E-state index in [4.69, 9.17) is 5.73 Å². The van der Waals surface area contributed by atoms with Crippen LogP contribution in [0.5, 0.6) is 0 Å². The third-order valence-corrected chi connectivity index (χ3v) is 4.73. The summed E-state index contributed by atoms with van der Waals surface area (Å²) in [5.41, 5.74) is 8.07. The van der Waals surface area contributed by atoms with Gasteiger partial charge in [0, 0.05) is 11.7 Å². The number of halogens is 1. The van der Waals surface area contributed by atoms with Gasteiger partial charge in [-0.1, -0.05) is 45.2 Å². The molecule has 5 nitrogen and oxygen atoms in total. The van der Waals surface area contributed by atoms with Crippen LogP contribution >= 0.6 is 24.0 Å². The zero-order valence-electron chi connectivity index (χ0n) is 15.3. The zero-order chi connectivity index (χ0) is 17.4. The summed E-state index contributed by atoms with van der Waals surface area (Å²) in [4.78, 5) is 16.0. The van der Waals surface area contributed by atoms with Crippen molar-refractivity contribution < 1.29 is 4.79 Å². The maximum absolute atomic E-state index is 11.9. The number of carbonyl (C=O) groups is 1. The van der Waals surface area contributed by atoms with E-state index in [1.807, 2.05) is 12.1 Å². The lowest BCUT2D eigenvalue weighted by atomic mass is 9.95. The van der Waals surface area contributed by atoms with Crippen LogP contribution in [0.25, 0.3) is 0 Å². The van der Waals surface area contributed by atoms with E-state index in [1.165, 1.54) is 24.8 Å². The Labute approximate surface area is 168 Å². The van der Waals surface area contributed by atoms with Crippen LogP contribution in [0.15, 0.2) is 29.3 Å². The molecule has 1 fully saturated rings. The molecule has 1 saturated carbocycles. The smallest absolute Gasteiger partial charge is 0.242 e. The van der Waals surface area contributed by atoms with Gasteiger partial charge in [0.15, 0.2) is 5.96 Å². The Morgan fingerprint density at radius 1 is 1.24 bits per heavy atom. The molecular weight excluding hydrogens is 427 g/mol. The lowest BCUT2D eigenvalue weighted by molar-refractivity contribution is -0.120. The quantitative estimate of drug-likeness (QED) is 0.343. The second-order valence-corrected chi connectivity index (χ2v) is 6.66. The van der Waals surface area contributed by atoms with Gasteiger partial charge < -0.3 is 16.4 Å². The first-order valence-electron chi connectivity index (χ1n) is 9.04. The lowest BCUT2D eigenvalue weighted by Gasteiger charge is -2.22. The number of hydrogen-bond acceptors (Lipinski definition) is 2. The zero-order valence-corrected chi connectivity index (χ0v) is 17.6. The number of amides is 1. The third-order valence-electron chi connectivity index (χ3n) is 4.73. The number of carbonyl (C=O) groups excluding carboxylic acids is 1. The lowest BCUT2D eigenvalue weighted by Crippen LogP contribution is -2.38. The molecule has 1 aliphatic carbocycles. The Hall–Kier alpha value is -1.31. The molecule has 1 unspecified atom stereocenters. The predicted molar refractivity (Wildman–Crippen MR) is 116 cm³/mol. The normalized spacial score (nSPS) is 16.6. The highest BCUT2D eigenvalue weighted by Crippen LogP contribution is 2.20. The van der Waals surface area contributed by atoms with Crippen LogP contribution in [-0.4, -0.2) is 24.5 Å². The fourth-order valence-electron chi connectivity index (χ4n) is 3.00. The van der Waals surface area contributed by atoms with Gasteiger partial charge in [-0.2, -0.15) is 0 Å². The summed E-state index contributed by atoms with van der Waals surface area (Å²) in [5.74, 6) is 0.761. The highest BCUT2D eigenvalue weighted by molar-refractivity contribution is 14.0. The molecule has 1 amide bonds. The van der Waals surface area contributed by atoms with Crippen LogP contribution < -0.4 is 16.4 Å². The molecule has 2 rings (SSSR count). The second kappa shape index (κ2) is 11.3. The Bertz CT molecular complexity index is 553. The molecule has 1 aromatic rings. The number of nitrogens with two attached hydrogens (primary N) is 1. The van der Waals surface area contributed by atoms with E-state index < -0.39 is 0 Å². The Morgan fingerprint density at radius 3 is 2.48 bits per heavy atom. The molecule has 4 N–H and O–H groups in total. The molecule has 0 saturated heterocycles. The van der Waals surface area contributed by atoms with Crippen LogP contribution in [0.1, 0.15) is 63.9 Å². The largest absolute Gasteiger partial charge is 0.370 e. The summed E-state index contributed by atoms with van der Waals surface area (Å²) in [6.07, 6.45) is 6.94. The van der Waals surface area contributed by atoms with Crippen LogP contribution in [0.2, 0.25) is 0 Å². The van der Waals surface area contributed by atoms with E-state index in [0.29, 0.717) is 12.0 Å². The maximum atomic E-state index is 11.9. The van der Waals surface area contributed by atoms with Crippen molar-refractivity contribution in [3.05, 3.63) is 29.8 Å². The van der Waals surface area contributed by atoms with Gasteiger partial charge in [0.2, 0.25) is 5.91 Å². The monoisotopic (exact) mass is 458 g/mol. The molecule has 140 valence electrons.